The lowest BCUT2D eigenvalue weighted by molar-refractivity contribution is 0.0175. The molecular weight excluding hydrogens is 245 g/mol. The highest BCUT2D eigenvalue weighted by Crippen LogP contribution is 2.23. The Morgan fingerprint density at radius 3 is 2.88 bits per heavy atom. The van der Waals surface area contributed by atoms with Crippen LogP contribution in [0.4, 0.5) is 4.39 Å². The van der Waals surface area contributed by atoms with Gasteiger partial charge in [-0.3, -0.25) is 4.79 Å². The van der Waals surface area contributed by atoms with Gasteiger partial charge in [0.05, 0.1) is 11.7 Å². The molecule has 1 aromatic carbocycles. The van der Waals surface area contributed by atoms with Gasteiger partial charge >= 0.3 is 0 Å². The summed E-state index contributed by atoms with van der Waals surface area (Å²) < 4.78 is 18.5. The van der Waals surface area contributed by atoms with Crippen LogP contribution in [-0.4, -0.2) is 25.2 Å². The van der Waals surface area contributed by atoms with Gasteiger partial charge in [-0.15, -0.1) is 0 Å². The standard InChI is InChI=1S/C12H13ClFNO2/c1-17-9-5-8(6-9)15-12(16)10-4-7(13)2-3-11(10)14/h2-4,8-9H,5-6H2,1H3,(H,15,16). The fraction of sp³-hybridized carbons (Fsp3) is 0.417. The summed E-state index contributed by atoms with van der Waals surface area (Å²) in [6.45, 7) is 0. The summed E-state index contributed by atoms with van der Waals surface area (Å²) in [6.07, 6.45) is 1.74. The topological polar surface area (TPSA) is 38.3 Å². The van der Waals surface area contributed by atoms with Crippen LogP contribution in [0, 0.1) is 5.82 Å². The molecule has 1 amide bonds. The van der Waals surface area contributed by atoms with Gasteiger partial charge in [0, 0.05) is 18.2 Å². The zero-order chi connectivity index (χ0) is 12.4. The fourth-order valence-electron chi connectivity index (χ4n) is 1.81. The summed E-state index contributed by atoms with van der Waals surface area (Å²) in [5, 5.41) is 3.09. The third-order valence-corrected chi connectivity index (χ3v) is 3.17. The van der Waals surface area contributed by atoms with Crippen molar-refractivity contribution in [2.24, 2.45) is 0 Å². The van der Waals surface area contributed by atoms with Gasteiger partial charge in [0.25, 0.3) is 5.91 Å². The van der Waals surface area contributed by atoms with Crippen LogP contribution in [0.15, 0.2) is 18.2 Å². The molecule has 1 saturated carbocycles. The van der Waals surface area contributed by atoms with Gasteiger partial charge < -0.3 is 10.1 Å². The summed E-state index contributed by atoms with van der Waals surface area (Å²) in [6, 6.07) is 4.00. The predicted octanol–water partition coefficient (Wildman–Crippen LogP) is 2.39. The van der Waals surface area contributed by atoms with Crippen molar-refractivity contribution in [3.8, 4) is 0 Å². The number of carbonyl (C=O) groups is 1. The van der Waals surface area contributed by atoms with E-state index in [0.717, 1.165) is 12.8 Å². The van der Waals surface area contributed by atoms with Gasteiger partial charge in [-0.1, -0.05) is 11.6 Å². The molecule has 0 saturated heterocycles. The summed E-state index contributed by atoms with van der Waals surface area (Å²) in [4.78, 5) is 11.8. The SMILES string of the molecule is COC1CC(NC(=O)c2cc(Cl)ccc2F)C1. The minimum Gasteiger partial charge on any atom is -0.381 e. The van der Waals surface area contributed by atoms with Crippen LogP contribution in [0.5, 0.6) is 0 Å². The van der Waals surface area contributed by atoms with Crippen molar-refractivity contribution in [3.05, 3.63) is 34.6 Å². The Kier molecular flexibility index (Phi) is 3.64. The molecule has 3 nitrogen and oxygen atoms in total. The zero-order valence-electron chi connectivity index (χ0n) is 9.37. The van der Waals surface area contributed by atoms with Crippen LogP contribution in [-0.2, 0) is 4.74 Å². The molecule has 0 heterocycles. The second-order valence-electron chi connectivity index (χ2n) is 4.12. The van der Waals surface area contributed by atoms with Crippen LogP contribution in [0.1, 0.15) is 23.2 Å². The first-order chi connectivity index (χ1) is 8.10. The quantitative estimate of drug-likeness (QED) is 0.903. The Morgan fingerprint density at radius 1 is 1.53 bits per heavy atom. The first-order valence-electron chi connectivity index (χ1n) is 5.39. The number of rotatable bonds is 3. The molecule has 0 spiro atoms. The molecule has 0 aromatic heterocycles. The van der Waals surface area contributed by atoms with Crippen LogP contribution in [0.2, 0.25) is 5.02 Å². The molecule has 1 aliphatic rings. The van der Waals surface area contributed by atoms with Gasteiger partial charge in [0.2, 0.25) is 0 Å². The van der Waals surface area contributed by atoms with Crippen molar-refractivity contribution < 1.29 is 13.9 Å². The maximum atomic E-state index is 13.4. The molecule has 0 bridgehead atoms. The molecule has 0 unspecified atom stereocenters. The average molecular weight is 258 g/mol. The third kappa shape index (κ3) is 2.76. The van der Waals surface area contributed by atoms with Crippen molar-refractivity contribution in [1.82, 2.24) is 5.32 Å². The maximum absolute atomic E-state index is 13.4. The average Bonchev–Trinajstić information content (AvgIpc) is 2.25. The summed E-state index contributed by atoms with van der Waals surface area (Å²) in [5.41, 5.74) is -0.0154. The number of ether oxygens (including phenoxy) is 1. The Morgan fingerprint density at radius 2 is 2.24 bits per heavy atom. The second kappa shape index (κ2) is 5.02. The smallest absolute Gasteiger partial charge is 0.254 e. The van der Waals surface area contributed by atoms with Gasteiger partial charge in [-0.2, -0.15) is 0 Å². The van der Waals surface area contributed by atoms with E-state index >= 15 is 0 Å². The van der Waals surface area contributed by atoms with E-state index in [4.69, 9.17) is 16.3 Å². The molecule has 2 rings (SSSR count). The highest BCUT2D eigenvalue weighted by Gasteiger charge is 2.30. The Hall–Kier alpha value is -1.13. The maximum Gasteiger partial charge on any atom is 0.254 e. The molecule has 92 valence electrons. The van der Waals surface area contributed by atoms with E-state index in [0.29, 0.717) is 5.02 Å². The molecule has 0 aliphatic heterocycles. The second-order valence-corrected chi connectivity index (χ2v) is 4.56. The Bertz CT molecular complexity index is 433. The molecule has 17 heavy (non-hydrogen) atoms. The van der Waals surface area contributed by atoms with E-state index in [1.807, 2.05) is 0 Å². The summed E-state index contributed by atoms with van der Waals surface area (Å²) >= 11 is 5.72. The number of benzene rings is 1. The van der Waals surface area contributed by atoms with E-state index in [1.165, 1.54) is 18.2 Å². The van der Waals surface area contributed by atoms with E-state index < -0.39 is 11.7 Å². The highest BCUT2D eigenvalue weighted by molar-refractivity contribution is 6.31. The van der Waals surface area contributed by atoms with Crippen LogP contribution in [0.3, 0.4) is 0 Å². The van der Waals surface area contributed by atoms with E-state index in [2.05, 4.69) is 5.32 Å². The van der Waals surface area contributed by atoms with Gasteiger partial charge in [0.15, 0.2) is 0 Å². The number of nitrogens with one attached hydrogen (secondary N) is 1. The molecule has 1 N–H and O–H groups in total. The number of hydrogen-bond donors (Lipinski definition) is 1. The molecule has 1 aliphatic carbocycles. The summed E-state index contributed by atoms with van der Waals surface area (Å²) in [7, 11) is 1.64. The van der Waals surface area contributed by atoms with E-state index in [1.54, 1.807) is 7.11 Å². The minimum absolute atomic E-state index is 0.0154. The number of carbonyl (C=O) groups excluding carboxylic acids is 1. The fourth-order valence-corrected chi connectivity index (χ4v) is 1.98. The van der Waals surface area contributed by atoms with Gasteiger partial charge in [0.1, 0.15) is 5.82 Å². The lowest BCUT2D eigenvalue weighted by atomic mass is 9.89. The molecule has 0 radical (unpaired) electrons. The van der Waals surface area contributed by atoms with Crippen molar-refractivity contribution in [3.63, 3.8) is 0 Å². The number of hydrogen-bond acceptors (Lipinski definition) is 2. The van der Waals surface area contributed by atoms with Crippen LogP contribution < -0.4 is 5.32 Å². The lowest BCUT2D eigenvalue weighted by Crippen LogP contribution is -2.47. The van der Waals surface area contributed by atoms with E-state index in [9.17, 15) is 9.18 Å². The third-order valence-electron chi connectivity index (χ3n) is 2.94. The zero-order valence-corrected chi connectivity index (χ0v) is 10.1. The van der Waals surface area contributed by atoms with E-state index in [-0.39, 0.29) is 17.7 Å². The molecule has 0 atom stereocenters. The molecular formula is C12H13ClFNO2. The monoisotopic (exact) mass is 257 g/mol. The summed E-state index contributed by atoms with van der Waals surface area (Å²) in [5.74, 6) is -0.987. The number of halogens is 2. The molecule has 1 aromatic rings. The molecule has 5 heteroatoms. The van der Waals surface area contributed by atoms with Gasteiger partial charge in [-0.05, 0) is 31.0 Å². The van der Waals surface area contributed by atoms with Crippen molar-refractivity contribution in [2.75, 3.05) is 7.11 Å². The van der Waals surface area contributed by atoms with Gasteiger partial charge in [-0.25, -0.2) is 4.39 Å². The Balaban J connectivity index is 1.98. The van der Waals surface area contributed by atoms with Crippen LogP contribution >= 0.6 is 11.6 Å². The Labute approximate surface area is 104 Å². The first kappa shape index (κ1) is 12.3. The normalized spacial score (nSPS) is 23.0. The van der Waals surface area contributed by atoms with Crippen LogP contribution in [0.25, 0.3) is 0 Å². The molecule has 1 fully saturated rings. The van der Waals surface area contributed by atoms with Crippen molar-refractivity contribution in [2.45, 2.75) is 25.0 Å². The number of methoxy groups -OCH3 is 1. The van der Waals surface area contributed by atoms with Crippen molar-refractivity contribution in [1.29, 1.82) is 0 Å². The highest BCUT2D eigenvalue weighted by atomic mass is 35.5. The first-order valence-corrected chi connectivity index (χ1v) is 5.76. The van der Waals surface area contributed by atoms with Crippen molar-refractivity contribution >= 4 is 17.5 Å². The number of amides is 1. The predicted molar refractivity (Wildman–Crippen MR) is 62.7 cm³/mol. The largest absolute Gasteiger partial charge is 0.381 e. The minimum atomic E-state index is -0.561. The lowest BCUT2D eigenvalue weighted by Gasteiger charge is -2.34.